The van der Waals surface area contributed by atoms with Crippen LogP contribution < -0.4 is 0 Å². The molecule has 3 fully saturated rings. The first kappa shape index (κ1) is 12.4. The molecule has 3 saturated carbocycles. The van der Waals surface area contributed by atoms with E-state index in [2.05, 4.69) is 0 Å². The zero-order valence-corrected chi connectivity index (χ0v) is 10.7. The van der Waals surface area contributed by atoms with Crippen molar-refractivity contribution in [3.8, 4) is 0 Å². The lowest BCUT2D eigenvalue weighted by atomic mass is 9.35. The zero-order valence-electron chi connectivity index (χ0n) is 10.7. The third kappa shape index (κ3) is 1.82. The van der Waals surface area contributed by atoms with Crippen molar-refractivity contribution in [3.05, 3.63) is 0 Å². The van der Waals surface area contributed by atoms with Crippen LogP contribution in [0.4, 0.5) is 0 Å². The minimum atomic E-state index is -0.515. The van der Waals surface area contributed by atoms with Crippen LogP contribution in [0.2, 0.25) is 0 Å². The largest absolute Gasteiger partial charge is 0.469 e. The van der Waals surface area contributed by atoms with E-state index in [-0.39, 0.29) is 11.9 Å². The maximum Gasteiger partial charge on any atom is 0.348 e. The van der Waals surface area contributed by atoms with Crippen molar-refractivity contribution in [2.24, 2.45) is 10.8 Å². The highest BCUT2D eigenvalue weighted by atomic mass is 17.2. The van der Waals surface area contributed by atoms with Gasteiger partial charge in [0.2, 0.25) is 0 Å². The Morgan fingerprint density at radius 2 is 1.47 bits per heavy atom. The first-order chi connectivity index (χ1) is 7.73. The molecular formula is C12H18O5. The maximum atomic E-state index is 11.8. The molecule has 0 saturated heterocycles. The monoisotopic (exact) mass is 242 g/mol. The Bertz CT molecular complexity index is 346. The lowest BCUT2D eigenvalue weighted by molar-refractivity contribution is -0.342. The summed E-state index contributed by atoms with van der Waals surface area (Å²) in [6.07, 6.45) is 1.58. The van der Waals surface area contributed by atoms with Crippen LogP contribution in [0, 0.1) is 10.8 Å². The standard InChI is InChI=1S/C12H18O5/c1-10(2,3)17-16-9(14)12-5-11(6-12,7-12)8(13)15-4/h5-7H2,1-4H3. The van der Waals surface area contributed by atoms with Gasteiger partial charge in [-0.1, -0.05) is 0 Å². The minimum absolute atomic E-state index is 0.219. The Morgan fingerprint density at radius 1 is 1.00 bits per heavy atom. The average molecular weight is 242 g/mol. The van der Waals surface area contributed by atoms with E-state index in [1.807, 2.05) is 0 Å². The van der Waals surface area contributed by atoms with Gasteiger partial charge < -0.3 is 4.74 Å². The van der Waals surface area contributed by atoms with Crippen LogP contribution in [0.5, 0.6) is 0 Å². The third-order valence-electron chi connectivity index (χ3n) is 3.45. The molecule has 2 bridgehead atoms. The van der Waals surface area contributed by atoms with Gasteiger partial charge in [-0.2, -0.15) is 4.89 Å². The van der Waals surface area contributed by atoms with Crippen molar-refractivity contribution in [3.63, 3.8) is 0 Å². The van der Waals surface area contributed by atoms with Crippen LogP contribution in [0.3, 0.4) is 0 Å². The molecule has 5 nitrogen and oxygen atoms in total. The summed E-state index contributed by atoms with van der Waals surface area (Å²) in [5.74, 6) is -0.581. The molecule has 0 aromatic heterocycles. The molecule has 0 aromatic rings. The molecular weight excluding hydrogens is 224 g/mol. The summed E-state index contributed by atoms with van der Waals surface area (Å²) in [7, 11) is 1.37. The number of ether oxygens (including phenoxy) is 1. The van der Waals surface area contributed by atoms with Gasteiger partial charge in [-0.3, -0.25) is 9.68 Å². The molecule has 3 aliphatic rings. The van der Waals surface area contributed by atoms with Crippen LogP contribution in [0.1, 0.15) is 40.0 Å². The number of hydrogen-bond acceptors (Lipinski definition) is 5. The molecule has 0 atom stereocenters. The van der Waals surface area contributed by atoms with Gasteiger partial charge in [-0.25, -0.2) is 4.79 Å². The number of carbonyl (C=O) groups is 2. The highest BCUT2D eigenvalue weighted by Gasteiger charge is 2.76. The van der Waals surface area contributed by atoms with Crippen molar-refractivity contribution in [1.29, 1.82) is 0 Å². The minimum Gasteiger partial charge on any atom is -0.469 e. The third-order valence-corrected chi connectivity index (χ3v) is 3.45. The summed E-state index contributed by atoms with van der Waals surface area (Å²) in [4.78, 5) is 33.0. The van der Waals surface area contributed by atoms with Crippen LogP contribution in [-0.2, 0) is 24.1 Å². The average Bonchev–Trinajstić information content (AvgIpc) is 2.09. The van der Waals surface area contributed by atoms with Gasteiger partial charge in [-0.05, 0) is 40.0 Å². The highest BCUT2D eigenvalue weighted by Crippen LogP contribution is 2.74. The Morgan fingerprint density at radius 3 is 1.88 bits per heavy atom. The molecule has 3 aliphatic carbocycles. The molecule has 0 heterocycles. The number of rotatable bonds is 3. The summed E-state index contributed by atoms with van der Waals surface area (Å²) >= 11 is 0. The molecule has 0 spiro atoms. The second kappa shape index (κ2) is 3.45. The Labute approximate surface area is 100 Å². The molecule has 5 heteroatoms. The van der Waals surface area contributed by atoms with E-state index in [0.29, 0.717) is 19.3 Å². The fourth-order valence-corrected chi connectivity index (χ4v) is 2.69. The second-order valence-electron chi connectivity index (χ2n) is 6.15. The number of hydrogen-bond donors (Lipinski definition) is 0. The van der Waals surface area contributed by atoms with E-state index in [9.17, 15) is 9.59 Å². The summed E-state index contributed by atoms with van der Waals surface area (Å²) in [5, 5.41) is 0. The fraction of sp³-hybridized carbons (Fsp3) is 0.833. The van der Waals surface area contributed by atoms with E-state index in [1.54, 1.807) is 20.8 Å². The van der Waals surface area contributed by atoms with E-state index in [1.165, 1.54) is 7.11 Å². The van der Waals surface area contributed by atoms with Gasteiger partial charge in [0.15, 0.2) is 0 Å². The summed E-state index contributed by atoms with van der Waals surface area (Å²) < 4.78 is 4.71. The zero-order chi connectivity index (χ0) is 12.9. The van der Waals surface area contributed by atoms with E-state index in [4.69, 9.17) is 14.5 Å². The molecule has 0 radical (unpaired) electrons. The number of esters is 1. The fourth-order valence-electron chi connectivity index (χ4n) is 2.69. The first-order valence-corrected chi connectivity index (χ1v) is 5.72. The smallest absolute Gasteiger partial charge is 0.348 e. The van der Waals surface area contributed by atoms with E-state index in [0.717, 1.165) is 0 Å². The predicted octanol–water partition coefficient (Wildman–Crippen LogP) is 1.60. The first-order valence-electron chi connectivity index (χ1n) is 5.72. The van der Waals surface area contributed by atoms with Crippen LogP contribution >= 0.6 is 0 Å². The molecule has 96 valence electrons. The second-order valence-corrected chi connectivity index (χ2v) is 6.15. The maximum absolute atomic E-state index is 11.8. The van der Waals surface area contributed by atoms with Gasteiger partial charge in [0.1, 0.15) is 5.60 Å². The quantitative estimate of drug-likeness (QED) is 0.427. The topological polar surface area (TPSA) is 61.8 Å². The predicted molar refractivity (Wildman–Crippen MR) is 57.7 cm³/mol. The van der Waals surface area contributed by atoms with Gasteiger partial charge in [-0.15, -0.1) is 0 Å². The molecule has 0 N–H and O–H groups in total. The SMILES string of the molecule is COC(=O)C12CC(C(=O)OOC(C)(C)C)(C1)C2. The highest BCUT2D eigenvalue weighted by molar-refractivity contribution is 5.91. The van der Waals surface area contributed by atoms with E-state index >= 15 is 0 Å². The van der Waals surface area contributed by atoms with Crippen molar-refractivity contribution in [2.45, 2.75) is 45.6 Å². The van der Waals surface area contributed by atoms with Crippen LogP contribution in [0.25, 0.3) is 0 Å². The van der Waals surface area contributed by atoms with Gasteiger partial charge in [0.25, 0.3) is 0 Å². The molecule has 17 heavy (non-hydrogen) atoms. The Balaban J connectivity index is 1.84. The lowest BCUT2D eigenvalue weighted by Gasteiger charge is -2.65. The summed E-state index contributed by atoms with van der Waals surface area (Å²) in [6.45, 7) is 5.41. The van der Waals surface area contributed by atoms with Crippen LogP contribution in [-0.4, -0.2) is 24.6 Å². The van der Waals surface area contributed by atoms with Crippen molar-refractivity contribution < 1.29 is 24.1 Å². The van der Waals surface area contributed by atoms with Crippen molar-refractivity contribution in [2.75, 3.05) is 7.11 Å². The normalized spacial score (nSPS) is 34.4. The lowest BCUT2D eigenvalue weighted by Crippen LogP contribution is -2.69. The molecule has 0 aromatic carbocycles. The number of carbonyl (C=O) groups excluding carboxylic acids is 2. The molecule has 0 aliphatic heterocycles. The summed E-state index contributed by atoms with van der Waals surface area (Å²) in [6, 6.07) is 0. The van der Waals surface area contributed by atoms with Gasteiger partial charge in [0.05, 0.1) is 17.9 Å². The van der Waals surface area contributed by atoms with Crippen LogP contribution in [0.15, 0.2) is 0 Å². The Kier molecular flexibility index (Phi) is 2.51. The van der Waals surface area contributed by atoms with Gasteiger partial charge in [0, 0.05) is 0 Å². The molecule has 0 unspecified atom stereocenters. The Hall–Kier alpha value is -1.10. The van der Waals surface area contributed by atoms with Gasteiger partial charge >= 0.3 is 11.9 Å². The van der Waals surface area contributed by atoms with Crippen molar-refractivity contribution in [1.82, 2.24) is 0 Å². The molecule has 3 rings (SSSR count). The molecule has 0 amide bonds. The number of methoxy groups -OCH3 is 1. The van der Waals surface area contributed by atoms with E-state index < -0.39 is 16.4 Å². The van der Waals surface area contributed by atoms with Crippen molar-refractivity contribution >= 4 is 11.9 Å². The summed E-state index contributed by atoms with van der Waals surface area (Å²) in [5.41, 5.74) is -1.44.